The van der Waals surface area contributed by atoms with Crippen LogP contribution in [0.4, 0.5) is 0 Å². The molecule has 1 aromatic carbocycles. The Hall–Kier alpha value is -1.11. The maximum absolute atomic E-state index is 12.1. The Morgan fingerprint density at radius 3 is 2.33 bits per heavy atom. The molecule has 1 aromatic rings. The lowest BCUT2D eigenvalue weighted by Gasteiger charge is -2.18. The molecule has 0 unspecified atom stereocenters. The second-order valence-corrected chi connectivity index (χ2v) is 7.15. The first-order chi connectivity index (χ1) is 9.76. The summed E-state index contributed by atoms with van der Waals surface area (Å²) >= 11 is 5.73. The lowest BCUT2D eigenvalue weighted by atomic mass is 10.2. The van der Waals surface area contributed by atoms with Gasteiger partial charge in [0.2, 0.25) is 15.9 Å². The van der Waals surface area contributed by atoms with Gasteiger partial charge in [-0.05, 0) is 44.5 Å². The van der Waals surface area contributed by atoms with Crippen LogP contribution >= 0.6 is 11.6 Å². The third-order valence-corrected chi connectivity index (χ3v) is 4.77. The van der Waals surface area contributed by atoms with Gasteiger partial charge in [-0.2, -0.15) is 4.72 Å². The van der Waals surface area contributed by atoms with Gasteiger partial charge < -0.3 is 5.32 Å². The summed E-state index contributed by atoms with van der Waals surface area (Å²) in [7, 11) is -3.74. The van der Waals surface area contributed by atoms with Crippen LogP contribution in [-0.2, 0) is 14.8 Å². The third kappa shape index (κ3) is 5.65. The van der Waals surface area contributed by atoms with E-state index in [-0.39, 0.29) is 16.8 Å². The summed E-state index contributed by atoms with van der Waals surface area (Å²) < 4.78 is 26.6. The van der Waals surface area contributed by atoms with Gasteiger partial charge in [0.05, 0.1) is 10.9 Å². The molecule has 1 rings (SSSR count). The molecule has 0 saturated carbocycles. The fraction of sp³-hybridized carbons (Fsp3) is 0.500. The second-order valence-electron chi connectivity index (χ2n) is 5.00. The van der Waals surface area contributed by atoms with Gasteiger partial charge in [-0.25, -0.2) is 8.42 Å². The molecule has 2 atom stereocenters. The standard InChI is InChI=1S/C14H21ClN2O3S/c1-4-5-10(2)16-14(18)11(3)17-21(19,20)13-8-6-12(15)7-9-13/h6-11,17H,4-5H2,1-3H3,(H,16,18)/t10-,11-/m0/s1. The zero-order valence-corrected chi connectivity index (χ0v) is 14.0. The molecule has 0 spiro atoms. The summed E-state index contributed by atoms with van der Waals surface area (Å²) in [5.74, 6) is -0.339. The van der Waals surface area contributed by atoms with Crippen LogP contribution in [-0.4, -0.2) is 26.4 Å². The molecule has 21 heavy (non-hydrogen) atoms. The highest BCUT2D eigenvalue weighted by atomic mass is 35.5. The van der Waals surface area contributed by atoms with E-state index in [1.54, 1.807) is 0 Å². The highest BCUT2D eigenvalue weighted by Crippen LogP contribution is 2.14. The van der Waals surface area contributed by atoms with Crippen molar-refractivity contribution >= 4 is 27.5 Å². The Morgan fingerprint density at radius 2 is 1.81 bits per heavy atom. The average molecular weight is 333 g/mol. The SMILES string of the molecule is CCC[C@H](C)NC(=O)[C@H](C)NS(=O)(=O)c1ccc(Cl)cc1. The molecular weight excluding hydrogens is 312 g/mol. The van der Waals surface area contributed by atoms with Crippen LogP contribution in [0.1, 0.15) is 33.6 Å². The predicted octanol–water partition coefficient (Wildman–Crippen LogP) is 2.31. The molecular formula is C14H21ClN2O3S. The fourth-order valence-electron chi connectivity index (χ4n) is 1.84. The minimum absolute atomic E-state index is 0.0185. The number of carbonyl (C=O) groups is 1. The van der Waals surface area contributed by atoms with Crippen molar-refractivity contribution in [3.05, 3.63) is 29.3 Å². The lowest BCUT2D eigenvalue weighted by Crippen LogP contribution is -2.47. The quantitative estimate of drug-likeness (QED) is 0.804. The second kappa shape index (κ2) is 7.77. The van der Waals surface area contributed by atoms with E-state index in [1.807, 2.05) is 13.8 Å². The molecule has 0 radical (unpaired) electrons. The summed E-state index contributed by atoms with van der Waals surface area (Å²) in [6.45, 7) is 5.43. The number of hydrogen-bond donors (Lipinski definition) is 2. The Labute approximate surface area is 131 Å². The van der Waals surface area contributed by atoms with Gasteiger partial charge in [0, 0.05) is 11.1 Å². The Balaban J connectivity index is 2.70. The van der Waals surface area contributed by atoms with Crippen molar-refractivity contribution in [1.29, 1.82) is 0 Å². The van der Waals surface area contributed by atoms with E-state index in [0.29, 0.717) is 5.02 Å². The molecule has 0 aromatic heterocycles. The number of benzene rings is 1. The fourth-order valence-corrected chi connectivity index (χ4v) is 3.17. The van der Waals surface area contributed by atoms with E-state index in [2.05, 4.69) is 10.0 Å². The van der Waals surface area contributed by atoms with Crippen molar-refractivity contribution < 1.29 is 13.2 Å². The van der Waals surface area contributed by atoms with Gasteiger partial charge in [-0.1, -0.05) is 24.9 Å². The molecule has 0 aliphatic carbocycles. The van der Waals surface area contributed by atoms with E-state index >= 15 is 0 Å². The van der Waals surface area contributed by atoms with E-state index in [0.717, 1.165) is 12.8 Å². The minimum atomic E-state index is -3.74. The van der Waals surface area contributed by atoms with E-state index in [9.17, 15) is 13.2 Å². The first-order valence-electron chi connectivity index (χ1n) is 6.84. The molecule has 7 heteroatoms. The highest BCUT2D eigenvalue weighted by Gasteiger charge is 2.22. The van der Waals surface area contributed by atoms with Crippen molar-refractivity contribution in [2.75, 3.05) is 0 Å². The van der Waals surface area contributed by atoms with Crippen LogP contribution in [0.5, 0.6) is 0 Å². The lowest BCUT2D eigenvalue weighted by molar-refractivity contribution is -0.123. The van der Waals surface area contributed by atoms with Gasteiger partial charge >= 0.3 is 0 Å². The number of amides is 1. The molecule has 0 aliphatic rings. The van der Waals surface area contributed by atoms with Crippen LogP contribution in [0.15, 0.2) is 29.2 Å². The maximum Gasteiger partial charge on any atom is 0.241 e. The summed E-state index contributed by atoms with van der Waals surface area (Å²) in [5.41, 5.74) is 0. The van der Waals surface area contributed by atoms with Crippen LogP contribution < -0.4 is 10.0 Å². The monoisotopic (exact) mass is 332 g/mol. The Morgan fingerprint density at radius 1 is 1.24 bits per heavy atom. The van der Waals surface area contributed by atoms with Gasteiger partial charge in [0.1, 0.15) is 0 Å². The Bertz CT molecular complexity index is 572. The third-order valence-electron chi connectivity index (χ3n) is 2.96. The van der Waals surface area contributed by atoms with E-state index in [1.165, 1.54) is 31.2 Å². The van der Waals surface area contributed by atoms with Crippen LogP contribution in [0.2, 0.25) is 5.02 Å². The number of halogens is 1. The van der Waals surface area contributed by atoms with Crippen molar-refractivity contribution in [3.8, 4) is 0 Å². The van der Waals surface area contributed by atoms with Gasteiger partial charge in [-0.3, -0.25) is 4.79 Å². The molecule has 0 aliphatic heterocycles. The predicted molar refractivity (Wildman–Crippen MR) is 83.7 cm³/mol. The van der Waals surface area contributed by atoms with Crippen molar-refractivity contribution in [1.82, 2.24) is 10.0 Å². The smallest absolute Gasteiger partial charge is 0.241 e. The summed E-state index contributed by atoms with van der Waals surface area (Å²) in [4.78, 5) is 12.0. The average Bonchev–Trinajstić information content (AvgIpc) is 2.38. The topological polar surface area (TPSA) is 75.3 Å². The van der Waals surface area contributed by atoms with Gasteiger partial charge in [-0.15, -0.1) is 0 Å². The number of nitrogens with one attached hydrogen (secondary N) is 2. The van der Waals surface area contributed by atoms with Crippen LogP contribution in [0.25, 0.3) is 0 Å². The number of sulfonamides is 1. The van der Waals surface area contributed by atoms with Crippen LogP contribution in [0.3, 0.4) is 0 Å². The van der Waals surface area contributed by atoms with Gasteiger partial charge in [0.15, 0.2) is 0 Å². The number of hydrogen-bond acceptors (Lipinski definition) is 3. The number of rotatable bonds is 7. The zero-order valence-electron chi connectivity index (χ0n) is 12.4. The molecule has 0 bridgehead atoms. The molecule has 5 nitrogen and oxygen atoms in total. The van der Waals surface area contributed by atoms with Crippen molar-refractivity contribution in [2.24, 2.45) is 0 Å². The summed E-state index contributed by atoms with van der Waals surface area (Å²) in [5, 5.41) is 3.23. The Kier molecular flexibility index (Phi) is 6.64. The summed E-state index contributed by atoms with van der Waals surface area (Å²) in [6.07, 6.45) is 1.80. The van der Waals surface area contributed by atoms with Crippen molar-refractivity contribution in [2.45, 2.75) is 50.6 Å². The van der Waals surface area contributed by atoms with Crippen LogP contribution in [0, 0.1) is 0 Å². The first-order valence-corrected chi connectivity index (χ1v) is 8.70. The minimum Gasteiger partial charge on any atom is -0.352 e. The molecule has 118 valence electrons. The first kappa shape index (κ1) is 17.9. The molecule has 0 saturated heterocycles. The van der Waals surface area contributed by atoms with E-state index < -0.39 is 16.1 Å². The molecule has 2 N–H and O–H groups in total. The largest absolute Gasteiger partial charge is 0.352 e. The molecule has 0 fully saturated rings. The molecule has 0 heterocycles. The summed E-state index contributed by atoms with van der Waals surface area (Å²) in [6, 6.07) is 4.95. The number of carbonyl (C=O) groups excluding carboxylic acids is 1. The molecule has 1 amide bonds. The van der Waals surface area contributed by atoms with Crippen molar-refractivity contribution in [3.63, 3.8) is 0 Å². The van der Waals surface area contributed by atoms with E-state index in [4.69, 9.17) is 11.6 Å². The normalized spacial score (nSPS) is 14.5. The van der Waals surface area contributed by atoms with Gasteiger partial charge in [0.25, 0.3) is 0 Å². The maximum atomic E-state index is 12.1. The zero-order chi connectivity index (χ0) is 16.0. The highest BCUT2D eigenvalue weighted by molar-refractivity contribution is 7.89.